The Bertz CT molecular complexity index is 1520. The number of carbonyl (C=O) groups is 2. The van der Waals surface area contributed by atoms with Crippen LogP contribution in [0.2, 0.25) is 0 Å². The fourth-order valence-electron chi connectivity index (χ4n) is 5.52. The van der Waals surface area contributed by atoms with Crippen LogP contribution in [0.1, 0.15) is 59.0 Å². The van der Waals surface area contributed by atoms with Gasteiger partial charge in [-0.3, -0.25) is 14.5 Å². The van der Waals surface area contributed by atoms with Gasteiger partial charge >= 0.3 is 0 Å². The third-order valence-electron chi connectivity index (χ3n) is 7.77. The second kappa shape index (κ2) is 9.91. The van der Waals surface area contributed by atoms with Gasteiger partial charge in [0.15, 0.2) is 0 Å². The summed E-state index contributed by atoms with van der Waals surface area (Å²) >= 11 is 0. The minimum atomic E-state index is -0.583. The van der Waals surface area contributed by atoms with Crippen molar-refractivity contribution in [2.75, 3.05) is 4.90 Å². The number of benzene rings is 2. The normalized spacial score (nSPS) is 21.1. The number of halogens is 1. The van der Waals surface area contributed by atoms with Crippen molar-refractivity contribution in [1.82, 2.24) is 20.1 Å². The maximum Gasteiger partial charge on any atom is 0.237 e. The molecule has 39 heavy (non-hydrogen) atoms. The zero-order chi connectivity index (χ0) is 27.1. The highest BCUT2D eigenvalue weighted by Gasteiger charge is 2.67. The Morgan fingerprint density at radius 2 is 1.77 bits per heavy atom. The van der Waals surface area contributed by atoms with Crippen molar-refractivity contribution in [3.63, 3.8) is 0 Å². The van der Waals surface area contributed by atoms with E-state index in [0.717, 1.165) is 47.8 Å². The van der Waals surface area contributed by atoms with Crippen molar-refractivity contribution in [3.8, 4) is 5.69 Å². The summed E-state index contributed by atoms with van der Waals surface area (Å²) in [7, 11) is 0. The van der Waals surface area contributed by atoms with Gasteiger partial charge < -0.3 is 5.32 Å². The molecule has 4 aromatic rings. The van der Waals surface area contributed by atoms with Gasteiger partial charge in [0.05, 0.1) is 41.1 Å². The standard InChI is InChI=1S/C28H24FN5O2.C3H8.H2/c29-20-8-10-21(11-9-20)34-22-16-30-23(14-19(22)15-31-34)33-24(17-4-2-1-3-5-17)25(28(12-13-28)27(33)36)32-26(35)18-6-7-18;1-3-2;/h1-5,8-11,14-16,18,24-25H,6-7,12-13H2,(H,32,35);3H2,1-2H3;1H/t24-,25-;;/m1../s1. The summed E-state index contributed by atoms with van der Waals surface area (Å²) in [6, 6.07) is 17.2. The lowest BCUT2D eigenvalue weighted by molar-refractivity contribution is -0.124. The largest absolute Gasteiger partial charge is 0.350 e. The van der Waals surface area contributed by atoms with E-state index in [0.29, 0.717) is 5.82 Å². The number of hydrogen-bond acceptors (Lipinski definition) is 4. The molecule has 3 fully saturated rings. The molecule has 0 radical (unpaired) electrons. The van der Waals surface area contributed by atoms with E-state index >= 15 is 0 Å². The molecule has 1 spiro atoms. The van der Waals surface area contributed by atoms with Crippen molar-refractivity contribution in [2.24, 2.45) is 11.3 Å². The molecule has 0 bridgehead atoms. The molecule has 1 aliphatic heterocycles. The topological polar surface area (TPSA) is 80.1 Å². The zero-order valence-corrected chi connectivity index (χ0v) is 22.2. The van der Waals surface area contributed by atoms with Crippen molar-refractivity contribution >= 4 is 28.5 Å². The maximum atomic E-state index is 13.9. The molecular formula is C31H34FN5O2. The Labute approximate surface area is 228 Å². The molecule has 2 aromatic carbocycles. The first-order valence-corrected chi connectivity index (χ1v) is 13.8. The molecule has 1 N–H and O–H groups in total. The zero-order valence-electron chi connectivity index (χ0n) is 22.2. The first kappa shape index (κ1) is 25.2. The van der Waals surface area contributed by atoms with Gasteiger partial charge in [-0.15, -0.1) is 0 Å². The lowest BCUT2D eigenvalue weighted by Gasteiger charge is -2.29. The average molecular weight is 528 g/mol. The Hall–Kier alpha value is -4.07. The molecule has 2 aliphatic carbocycles. The van der Waals surface area contributed by atoms with E-state index in [4.69, 9.17) is 4.98 Å². The van der Waals surface area contributed by atoms with E-state index in [1.165, 1.54) is 18.6 Å². The van der Waals surface area contributed by atoms with Crippen molar-refractivity contribution in [1.29, 1.82) is 0 Å². The number of anilines is 1. The second-order valence-electron chi connectivity index (χ2n) is 10.8. The summed E-state index contributed by atoms with van der Waals surface area (Å²) in [5.74, 6) is 0.344. The van der Waals surface area contributed by atoms with Gasteiger partial charge in [-0.1, -0.05) is 50.6 Å². The predicted octanol–water partition coefficient (Wildman–Crippen LogP) is 5.98. The van der Waals surface area contributed by atoms with Gasteiger partial charge in [-0.05, 0) is 61.6 Å². The van der Waals surface area contributed by atoms with Gasteiger partial charge in [-0.2, -0.15) is 5.10 Å². The molecule has 1 saturated heterocycles. The quantitative estimate of drug-likeness (QED) is 0.346. The summed E-state index contributed by atoms with van der Waals surface area (Å²) in [6.07, 6.45) is 8.01. The van der Waals surface area contributed by atoms with Crippen LogP contribution in [0.15, 0.2) is 73.1 Å². The highest BCUT2D eigenvalue weighted by molar-refractivity contribution is 6.04. The summed E-state index contributed by atoms with van der Waals surface area (Å²) < 4.78 is 15.1. The van der Waals surface area contributed by atoms with E-state index in [9.17, 15) is 14.0 Å². The second-order valence-corrected chi connectivity index (χ2v) is 10.8. The molecule has 202 valence electrons. The van der Waals surface area contributed by atoms with Crippen LogP contribution in [0.5, 0.6) is 0 Å². The summed E-state index contributed by atoms with van der Waals surface area (Å²) in [6.45, 7) is 4.25. The fraction of sp³-hybridized carbons (Fsp3) is 0.355. The summed E-state index contributed by atoms with van der Waals surface area (Å²) in [5, 5.41) is 8.56. The number of rotatable bonds is 5. The van der Waals surface area contributed by atoms with Crippen LogP contribution in [0.4, 0.5) is 10.2 Å². The van der Waals surface area contributed by atoms with Crippen LogP contribution in [-0.4, -0.2) is 32.6 Å². The molecule has 2 saturated carbocycles. The Morgan fingerprint density at radius 1 is 1.08 bits per heavy atom. The van der Waals surface area contributed by atoms with E-state index in [1.807, 2.05) is 36.4 Å². The van der Waals surface area contributed by atoms with Crippen molar-refractivity contribution < 1.29 is 15.4 Å². The molecule has 3 heterocycles. The van der Waals surface area contributed by atoms with Gasteiger partial charge in [0.2, 0.25) is 11.8 Å². The molecule has 2 aromatic heterocycles. The average Bonchev–Trinajstić information content (AvgIpc) is 3.88. The molecule has 2 amide bonds. The monoisotopic (exact) mass is 527 g/mol. The Morgan fingerprint density at radius 3 is 2.41 bits per heavy atom. The molecule has 2 atom stereocenters. The van der Waals surface area contributed by atoms with Crippen molar-refractivity contribution in [3.05, 3.63) is 84.4 Å². The van der Waals surface area contributed by atoms with Crippen LogP contribution in [0.25, 0.3) is 16.6 Å². The first-order valence-electron chi connectivity index (χ1n) is 13.8. The van der Waals surface area contributed by atoms with Gasteiger partial charge in [0.25, 0.3) is 0 Å². The number of amides is 2. The van der Waals surface area contributed by atoms with Crippen LogP contribution in [0.3, 0.4) is 0 Å². The Kier molecular flexibility index (Phi) is 6.41. The third kappa shape index (κ3) is 4.47. The molecule has 3 aliphatic rings. The molecule has 0 unspecified atom stereocenters. The number of aromatic nitrogens is 3. The maximum absolute atomic E-state index is 13.9. The van der Waals surface area contributed by atoms with Crippen LogP contribution in [0, 0.1) is 17.2 Å². The highest BCUT2D eigenvalue weighted by Crippen LogP contribution is 2.60. The van der Waals surface area contributed by atoms with Crippen molar-refractivity contribution in [2.45, 2.75) is 58.0 Å². The molecular weight excluding hydrogens is 493 g/mol. The van der Waals surface area contributed by atoms with Crippen LogP contribution in [-0.2, 0) is 9.59 Å². The van der Waals surface area contributed by atoms with Gasteiger partial charge in [0, 0.05) is 12.7 Å². The molecule has 7 nitrogen and oxygen atoms in total. The van der Waals surface area contributed by atoms with E-state index in [2.05, 4.69) is 24.3 Å². The van der Waals surface area contributed by atoms with Gasteiger partial charge in [0.1, 0.15) is 11.6 Å². The first-order chi connectivity index (χ1) is 19.0. The lowest BCUT2D eigenvalue weighted by atomic mass is 9.91. The minimum Gasteiger partial charge on any atom is -0.350 e. The fourth-order valence-corrected chi connectivity index (χ4v) is 5.52. The molecule has 8 heteroatoms. The number of nitrogens with zero attached hydrogens (tertiary/aromatic N) is 4. The smallest absolute Gasteiger partial charge is 0.237 e. The van der Waals surface area contributed by atoms with E-state index < -0.39 is 5.41 Å². The third-order valence-corrected chi connectivity index (χ3v) is 7.77. The number of nitrogens with one attached hydrogen (secondary N) is 1. The predicted molar refractivity (Wildman–Crippen MR) is 150 cm³/mol. The van der Waals surface area contributed by atoms with E-state index in [1.54, 1.807) is 34.1 Å². The van der Waals surface area contributed by atoms with Crippen LogP contribution >= 0.6 is 0 Å². The number of hydrogen-bond donors (Lipinski definition) is 1. The van der Waals surface area contributed by atoms with Gasteiger partial charge in [-0.25, -0.2) is 14.1 Å². The van der Waals surface area contributed by atoms with E-state index in [-0.39, 0.29) is 37.1 Å². The molecule has 7 rings (SSSR count). The number of carbonyl (C=O) groups excluding carboxylic acids is 2. The summed E-state index contributed by atoms with van der Waals surface area (Å²) in [5.41, 5.74) is 1.87. The summed E-state index contributed by atoms with van der Waals surface area (Å²) in [4.78, 5) is 33.2. The van der Waals surface area contributed by atoms with Crippen LogP contribution < -0.4 is 10.2 Å². The SMILES string of the molecule is CCC.O=C(N[C@@H]1[C@@H](c2ccccc2)N(c2cc3cnn(-c4ccc(F)cc4)c3cn2)C(=O)C12CC2)C1CC1.[HH]. The number of fused-ring (bicyclic) bond motifs is 1. The number of pyridine rings is 1. The Balaban J connectivity index is 0.000000774. The minimum absolute atomic E-state index is 0. The lowest BCUT2D eigenvalue weighted by Crippen LogP contribution is -2.44. The highest BCUT2D eigenvalue weighted by atomic mass is 19.1.